The minimum absolute atomic E-state index is 0.200. The number of halogens is 6. The first-order valence-electron chi connectivity index (χ1n) is 9.91. The Kier molecular flexibility index (Phi) is 6.06. The first-order valence-corrected chi connectivity index (χ1v) is 9.91. The molecule has 7 heteroatoms. The Labute approximate surface area is 166 Å². The molecule has 2 unspecified atom stereocenters. The van der Waals surface area contributed by atoms with Crippen LogP contribution in [0.5, 0.6) is 0 Å². The van der Waals surface area contributed by atoms with Gasteiger partial charge in [0.05, 0.1) is 0 Å². The Morgan fingerprint density at radius 2 is 1.76 bits per heavy atom. The predicted octanol–water partition coefficient (Wildman–Crippen LogP) is 7.30. The zero-order chi connectivity index (χ0) is 21.4. The van der Waals surface area contributed by atoms with Crippen molar-refractivity contribution in [3.8, 4) is 0 Å². The number of rotatable bonds is 4. The lowest BCUT2D eigenvalue weighted by molar-refractivity contribution is -0.246. The second kappa shape index (κ2) is 8.07. The van der Waals surface area contributed by atoms with E-state index in [9.17, 15) is 27.1 Å². The quantitative estimate of drug-likeness (QED) is 0.509. The molecule has 2 atom stereocenters. The molecule has 0 saturated heterocycles. The van der Waals surface area contributed by atoms with Crippen LogP contribution in [-0.4, -0.2) is 17.5 Å². The number of alkyl halides is 4. The molecule has 1 saturated carbocycles. The third-order valence-electron chi connectivity index (χ3n) is 6.41. The molecule has 1 aromatic rings. The van der Waals surface area contributed by atoms with Gasteiger partial charge in [-0.2, -0.15) is 13.2 Å². The highest BCUT2D eigenvalue weighted by Crippen LogP contribution is 2.58. The number of aliphatic hydroxyl groups excluding tert-OH is 1. The number of allylic oxidation sites excluding steroid dienone is 4. The maximum atomic E-state index is 15.3. The molecule has 0 bridgehead atoms. The molecule has 0 heterocycles. The van der Waals surface area contributed by atoms with E-state index in [1.165, 1.54) is 0 Å². The smallest absolute Gasteiger partial charge is 0.401 e. The second-order valence-electron chi connectivity index (χ2n) is 8.03. The Hall–Kier alpha value is -1.92. The van der Waals surface area contributed by atoms with E-state index in [2.05, 4.69) is 0 Å². The fourth-order valence-electron chi connectivity index (χ4n) is 4.84. The Bertz CT molecular complexity index is 804. The lowest BCUT2D eigenvalue weighted by Crippen LogP contribution is -2.52. The first-order chi connectivity index (χ1) is 13.6. The summed E-state index contributed by atoms with van der Waals surface area (Å²) >= 11 is 0. The van der Waals surface area contributed by atoms with E-state index < -0.39 is 52.2 Å². The average Bonchev–Trinajstić information content (AvgIpc) is 2.67. The molecule has 0 aliphatic heterocycles. The minimum atomic E-state index is -4.94. The zero-order valence-corrected chi connectivity index (χ0v) is 16.1. The van der Waals surface area contributed by atoms with Crippen LogP contribution in [0.1, 0.15) is 51.0 Å². The highest BCUT2D eigenvalue weighted by Gasteiger charge is 2.65. The minimum Gasteiger partial charge on any atom is -0.509 e. The van der Waals surface area contributed by atoms with Gasteiger partial charge in [0, 0.05) is 11.1 Å². The summed E-state index contributed by atoms with van der Waals surface area (Å²) in [6.07, 6.45) is -2.70. The summed E-state index contributed by atoms with van der Waals surface area (Å²) in [5.41, 5.74) is -3.81. The molecular formula is C22H24F6O. The van der Waals surface area contributed by atoms with Crippen LogP contribution in [0.25, 0.3) is 5.57 Å². The van der Waals surface area contributed by atoms with Gasteiger partial charge in [-0.3, -0.25) is 0 Å². The van der Waals surface area contributed by atoms with Crippen LogP contribution < -0.4 is 0 Å². The summed E-state index contributed by atoms with van der Waals surface area (Å²) < 4.78 is 85.4. The van der Waals surface area contributed by atoms with Gasteiger partial charge < -0.3 is 5.11 Å². The number of hydrogen-bond donors (Lipinski definition) is 1. The van der Waals surface area contributed by atoms with Crippen molar-refractivity contribution in [1.29, 1.82) is 0 Å². The van der Waals surface area contributed by atoms with Gasteiger partial charge in [-0.05, 0) is 30.7 Å². The molecule has 160 valence electrons. The number of aliphatic hydroxyl groups is 1. The molecule has 1 nitrogen and oxygen atoms in total. The molecule has 3 rings (SSSR count). The molecule has 2 aliphatic carbocycles. The highest BCUT2D eigenvalue weighted by atomic mass is 19.4. The third-order valence-corrected chi connectivity index (χ3v) is 6.41. The Balaban J connectivity index is 1.99. The SMILES string of the molecule is CCCC1CCC(C2(C(F)(F)F)C=CC(c3cccc(F)c3F)=C(O)C2F)CC1. The summed E-state index contributed by atoms with van der Waals surface area (Å²) in [7, 11) is 0. The molecule has 0 radical (unpaired) electrons. The van der Waals surface area contributed by atoms with E-state index in [0.29, 0.717) is 24.8 Å². The average molecular weight is 418 g/mol. The van der Waals surface area contributed by atoms with Gasteiger partial charge in [-0.1, -0.05) is 56.9 Å². The van der Waals surface area contributed by atoms with E-state index in [1.807, 2.05) is 6.92 Å². The van der Waals surface area contributed by atoms with E-state index in [0.717, 1.165) is 37.1 Å². The molecular weight excluding hydrogens is 394 g/mol. The van der Waals surface area contributed by atoms with Crippen LogP contribution in [0, 0.1) is 28.9 Å². The van der Waals surface area contributed by atoms with Crippen molar-refractivity contribution in [2.24, 2.45) is 17.3 Å². The maximum Gasteiger partial charge on any atom is 0.401 e. The lowest BCUT2D eigenvalue weighted by Gasteiger charge is -2.46. The molecule has 0 aromatic heterocycles. The largest absolute Gasteiger partial charge is 0.509 e. The molecule has 0 spiro atoms. The maximum absolute atomic E-state index is 15.3. The van der Waals surface area contributed by atoms with Crippen molar-refractivity contribution in [3.63, 3.8) is 0 Å². The van der Waals surface area contributed by atoms with Crippen LogP contribution in [0.3, 0.4) is 0 Å². The lowest BCUT2D eigenvalue weighted by atomic mass is 9.61. The van der Waals surface area contributed by atoms with Gasteiger partial charge in [0.2, 0.25) is 0 Å². The molecule has 29 heavy (non-hydrogen) atoms. The van der Waals surface area contributed by atoms with E-state index in [-0.39, 0.29) is 12.8 Å². The van der Waals surface area contributed by atoms with Crippen molar-refractivity contribution in [2.45, 2.75) is 57.8 Å². The zero-order valence-electron chi connectivity index (χ0n) is 16.1. The van der Waals surface area contributed by atoms with E-state index in [1.54, 1.807) is 0 Å². The van der Waals surface area contributed by atoms with Crippen molar-refractivity contribution >= 4 is 5.57 Å². The molecule has 1 N–H and O–H groups in total. The summed E-state index contributed by atoms with van der Waals surface area (Å²) in [4.78, 5) is 0. The first kappa shape index (κ1) is 21.8. The van der Waals surface area contributed by atoms with Crippen molar-refractivity contribution < 1.29 is 31.4 Å². The fourth-order valence-corrected chi connectivity index (χ4v) is 4.84. The van der Waals surface area contributed by atoms with Gasteiger partial charge in [0.25, 0.3) is 0 Å². The van der Waals surface area contributed by atoms with Crippen LogP contribution in [0.4, 0.5) is 26.3 Å². The van der Waals surface area contributed by atoms with Crippen molar-refractivity contribution in [1.82, 2.24) is 0 Å². The monoisotopic (exact) mass is 418 g/mol. The summed E-state index contributed by atoms with van der Waals surface area (Å²) in [6.45, 7) is 2.01. The van der Waals surface area contributed by atoms with Gasteiger partial charge in [-0.25, -0.2) is 13.2 Å². The fraction of sp³-hybridized carbons (Fsp3) is 0.545. The Morgan fingerprint density at radius 3 is 2.34 bits per heavy atom. The van der Waals surface area contributed by atoms with E-state index >= 15 is 4.39 Å². The Morgan fingerprint density at radius 1 is 1.10 bits per heavy atom. The van der Waals surface area contributed by atoms with Crippen LogP contribution >= 0.6 is 0 Å². The highest BCUT2D eigenvalue weighted by molar-refractivity contribution is 5.78. The van der Waals surface area contributed by atoms with Gasteiger partial charge in [0.1, 0.15) is 11.2 Å². The van der Waals surface area contributed by atoms with Gasteiger partial charge >= 0.3 is 6.18 Å². The third kappa shape index (κ3) is 3.68. The summed E-state index contributed by atoms with van der Waals surface area (Å²) in [5, 5.41) is 10.3. The van der Waals surface area contributed by atoms with Crippen LogP contribution in [0.2, 0.25) is 0 Å². The molecule has 0 amide bonds. The molecule has 2 aliphatic rings. The standard InChI is InChI=1S/C22H24F6O/c1-2-4-13-7-9-14(10-8-13)21(22(26,27)28)12-11-16(19(29)20(21)25)15-5-3-6-17(23)18(15)24/h3,5-6,11-14,20,29H,2,4,7-10H2,1H3. The summed E-state index contributed by atoms with van der Waals surface area (Å²) in [5.74, 6) is -4.47. The van der Waals surface area contributed by atoms with Gasteiger partial charge in [-0.15, -0.1) is 0 Å². The molecule has 1 fully saturated rings. The van der Waals surface area contributed by atoms with Crippen molar-refractivity contribution in [3.05, 3.63) is 53.3 Å². The normalized spacial score (nSPS) is 30.7. The van der Waals surface area contributed by atoms with Crippen LogP contribution in [0.15, 0.2) is 36.1 Å². The number of hydrogen-bond acceptors (Lipinski definition) is 1. The van der Waals surface area contributed by atoms with Crippen LogP contribution in [-0.2, 0) is 0 Å². The molecule has 1 aromatic carbocycles. The van der Waals surface area contributed by atoms with E-state index in [4.69, 9.17) is 0 Å². The second-order valence-corrected chi connectivity index (χ2v) is 8.03. The van der Waals surface area contributed by atoms with Gasteiger partial charge in [0.15, 0.2) is 17.8 Å². The summed E-state index contributed by atoms with van der Waals surface area (Å²) in [6, 6.07) is 3.08. The topological polar surface area (TPSA) is 20.2 Å². The number of benzene rings is 1. The predicted molar refractivity (Wildman–Crippen MR) is 98.8 cm³/mol. The van der Waals surface area contributed by atoms with Crippen molar-refractivity contribution in [2.75, 3.05) is 0 Å².